The van der Waals surface area contributed by atoms with Crippen LogP contribution in [0.4, 0.5) is 0 Å². The summed E-state index contributed by atoms with van der Waals surface area (Å²) in [6.07, 6.45) is 1.42. The molecule has 0 aliphatic carbocycles. The normalized spacial score (nSPS) is 20.6. The highest BCUT2D eigenvalue weighted by Crippen LogP contribution is 2.15. The van der Waals surface area contributed by atoms with Gasteiger partial charge in [0.25, 0.3) is 5.91 Å². The van der Waals surface area contributed by atoms with Gasteiger partial charge in [-0.3, -0.25) is 4.79 Å². The molecule has 2 rings (SSSR count). The minimum Gasteiger partial charge on any atom is -0.494 e. The van der Waals surface area contributed by atoms with Crippen molar-refractivity contribution in [3.63, 3.8) is 0 Å². The lowest BCUT2D eigenvalue weighted by Crippen LogP contribution is -2.35. The van der Waals surface area contributed by atoms with Gasteiger partial charge in [0.2, 0.25) is 0 Å². The fourth-order valence-corrected chi connectivity index (χ4v) is 3.77. The van der Waals surface area contributed by atoms with E-state index in [1.54, 1.807) is 24.3 Å². The maximum atomic E-state index is 12.0. The van der Waals surface area contributed by atoms with Gasteiger partial charge >= 0.3 is 0 Å². The van der Waals surface area contributed by atoms with Crippen molar-refractivity contribution >= 4 is 15.7 Å². The molecule has 1 fully saturated rings. The van der Waals surface area contributed by atoms with Crippen LogP contribution in [0.5, 0.6) is 5.75 Å². The van der Waals surface area contributed by atoms with Crippen molar-refractivity contribution in [1.29, 1.82) is 0 Å². The SMILES string of the molecule is CCCOc1ccc(C(=O)NC2CCS(=O)(=O)C2)cc1. The van der Waals surface area contributed by atoms with Crippen LogP contribution in [0.15, 0.2) is 24.3 Å². The number of amides is 1. The van der Waals surface area contributed by atoms with Crippen molar-refractivity contribution in [3.8, 4) is 5.75 Å². The van der Waals surface area contributed by atoms with E-state index in [2.05, 4.69) is 5.32 Å². The predicted octanol–water partition coefficient (Wildman–Crippen LogP) is 1.39. The monoisotopic (exact) mass is 297 g/mol. The van der Waals surface area contributed by atoms with Crippen molar-refractivity contribution in [2.24, 2.45) is 0 Å². The van der Waals surface area contributed by atoms with E-state index in [-0.39, 0.29) is 23.5 Å². The molecule has 1 unspecified atom stereocenters. The van der Waals surface area contributed by atoms with Crippen LogP contribution in [-0.2, 0) is 9.84 Å². The van der Waals surface area contributed by atoms with Crippen LogP contribution in [0.3, 0.4) is 0 Å². The van der Waals surface area contributed by atoms with Crippen molar-refractivity contribution in [1.82, 2.24) is 5.32 Å². The maximum absolute atomic E-state index is 12.0. The molecule has 1 atom stereocenters. The summed E-state index contributed by atoms with van der Waals surface area (Å²) in [4.78, 5) is 12.0. The predicted molar refractivity (Wildman–Crippen MR) is 76.8 cm³/mol. The van der Waals surface area contributed by atoms with E-state index < -0.39 is 9.84 Å². The molecule has 0 spiro atoms. The van der Waals surface area contributed by atoms with E-state index >= 15 is 0 Å². The lowest BCUT2D eigenvalue weighted by Gasteiger charge is -2.11. The van der Waals surface area contributed by atoms with Crippen LogP contribution in [0.2, 0.25) is 0 Å². The Morgan fingerprint density at radius 1 is 1.35 bits per heavy atom. The van der Waals surface area contributed by atoms with Gasteiger partial charge in [-0.05, 0) is 37.1 Å². The smallest absolute Gasteiger partial charge is 0.251 e. The molecule has 0 saturated carbocycles. The second-order valence-corrected chi connectivity index (χ2v) is 7.17. The molecule has 0 aromatic heterocycles. The van der Waals surface area contributed by atoms with Gasteiger partial charge in [0.05, 0.1) is 18.1 Å². The van der Waals surface area contributed by atoms with Crippen LogP contribution in [-0.4, -0.2) is 38.5 Å². The van der Waals surface area contributed by atoms with Gasteiger partial charge in [0, 0.05) is 11.6 Å². The van der Waals surface area contributed by atoms with E-state index in [4.69, 9.17) is 4.74 Å². The van der Waals surface area contributed by atoms with E-state index in [0.717, 1.165) is 12.2 Å². The summed E-state index contributed by atoms with van der Waals surface area (Å²) in [7, 11) is -2.97. The molecule has 0 bridgehead atoms. The van der Waals surface area contributed by atoms with Gasteiger partial charge in [-0.25, -0.2) is 8.42 Å². The third-order valence-electron chi connectivity index (χ3n) is 3.16. The maximum Gasteiger partial charge on any atom is 0.251 e. The van der Waals surface area contributed by atoms with Crippen molar-refractivity contribution < 1.29 is 17.9 Å². The molecule has 0 radical (unpaired) electrons. The quantitative estimate of drug-likeness (QED) is 0.891. The zero-order valence-electron chi connectivity index (χ0n) is 11.5. The Labute approximate surface area is 119 Å². The van der Waals surface area contributed by atoms with Crippen LogP contribution in [0, 0.1) is 0 Å². The number of carbonyl (C=O) groups excluding carboxylic acids is 1. The molecule has 1 saturated heterocycles. The van der Waals surface area contributed by atoms with Crippen molar-refractivity contribution in [3.05, 3.63) is 29.8 Å². The lowest BCUT2D eigenvalue weighted by atomic mass is 10.2. The Bertz CT molecular complexity index is 565. The number of sulfone groups is 1. The van der Waals surface area contributed by atoms with Crippen LogP contribution >= 0.6 is 0 Å². The first-order chi connectivity index (χ1) is 9.50. The number of ether oxygens (including phenoxy) is 1. The molecule has 1 N–H and O–H groups in total. The summed E-state index contributed by atoms with van der Waals surface area (Å²) in [5.41, 5.74) is 0.512. The molecule has 1 aromatic carbocycles. The standard InChI is InChI=1S/C14H19NO4S/c1-2-8-19-13-5-3-11(4-6-13)14(16)15-12-7-9-20(17,18)10-12/h3-6,12H,2,7-10H2,1H3,(H,15,16). The third kappa shape index (κ3) is 3.96. The number of benzene rings is 1. The Hall–Kier alpha value is -1.56. The van der Waals surface area contributed by atoms with E-state index in [0.29, 0.717) is 18.6 Å². The van der Waals surface area contributed by atoms with E-state index in [1.165, 1.54) is 0 Å². The minimum atomic E-state index is -2.97. The summed E-state index contributed by atoms with van der Waals surface area (Å²) in [5.74, 6) is 0.680. The molecule has 1 aromatic rings. The largest absolute Gasteiger partial charge is 0.494 e. The molecule has 1 heterocycles. The van der Waals surface area contributed by atoms with Crippen LogP contribution in [0.1, 0.15) is 30.1 Å². The number of carbonyl (C=O) groups is 1. The summed E-state index contributed by atoms with van der Waals surface area (Å²) >= 11 is 0. The minimum absolute atomic E-state index is 0.0381. The average molecular weight is 297 g/mol. The van der Waals surface area contributed by atoms with Gasteiger partial charge in [-0.2, -0.15) is 0 Å². The third-order valence-corrected chi connectivity index (χ3v) is 4.92. The molecule has 1 amide bonds. The molecule has 1 aliphatic heterocycles. The van der Waals surface area contributed by atoms with Crippen molar-refractivity contribution in [2.75, 3.05) is 18.1 Å². The van der Waals surface area contributed by atoms with Crippen LogP contribution < -0.4 is 10.1 Å². The Balaban J connectivity index is 1.92. The molecular formula is C14H19NO4S. The van der Waals surface area contributed by atoms with Crippen molar-refractivity contribution in [2.45, 2.75) is 25.8 Å². The average Bonchev–Trinajstić information content (AvgIpc) is 2.76. The van der Waals surface area contributed by atoms with Gasteiger partial charge in [-0.15, -0.1) is 0 Å². The summed E-state index contributed by atoms with van der Waals surface area (Å²) in [6, 6.07) is 6.59. The van der Waals surface area contributed by atoms with Gasteiger partial charge < -0.3 is 10.1 Å². The molecule has 20 heavy (non-hydrogen) atoms. The van der Waals surface area contributed by atoms with E-state index in [1.807, 2.05) is 6.92 Å². The number of hydrogen-bond donors (Lipinski definition) is 1. The van der Waals surface area contributed by atoms with E-state index in [9.17, 15) is 13.2 Å². The first-order valence-corrected chi connectivity index (χ1v) is 8.56. The zero-order valence-corrected chi connectivity index (χ0v) is 12.3. The highest BCUT2D eigenvalue weighted by Gasteiger charge is 2.29. The highest BCUT2D eigenvalue weighted by molar-refractivity contribution is 7.91. The fourth-order valence-electron chi connectivity index (χ4n) is 2.10. The first kappa shape index (κ1) is 14.8. The zero-order chi connectivity index (χ0) is 14.6. The topological polar surface area (TPSA) is 72.5 Å². The Kier molecular flexibility index (Phi) is 4.65. The summed E-state index contributed by atoms with van der Waals surface area (Å²) in [6.45, 7) is 2.67. The second kappa shape index (κ2) is 6.26. The first-order valence-electron chi connectivity index (χ1n) is 6.74. The summed E-state index contributed by atoms with van der Waals surface area (Å²) < 4.78 is 28.1. The van der Waals surface area contributed by atoms with Gasteiger partial charge in [-0.1, -0.05) is 6.92 Å². The van der Waals surface area contributed by atoms with Gasteiger partial charge in [0.1, 0.15) is 5.75 Å². The second-order valence-electron chi connectivity index (χ2n) is 4.95. The Morgan fingerprint density at radius 2 is 2.05 bits per heavy atom. The highest BCUT2D eigenvalue weighted by atomic mass is 32.2. The number of nitrogens with one attached hydrogen (secondary N) is 1. The van der Waals surface area contributed by atoms with Crippen LogP contribution in [0.25, 0.3) is 0 Å². The molecule has 5 nitrogen and oxygen atoms in total. The fraction of sp³-hybridized carbons (Fsp3) is 0.500. The molecule has 110 valence electrons. The molecule has 1 aliphatic rings. The molecule has 6 heteroatoms. The van der Waals surface area contributed by atoms with Gasteiger partial charge in [0.15, 0.2) is 9.84 Å². The Morgan fingerprint density at radius 3 is 2.60 bits per heavy atom. The summed E-state index contributed by atoms with van der Waals surface area (Å²) in [5, 5.41) is 2.75. The molecular weight excluding hydrogens is 278 g/mol. The number of rotatable bonds is 5. The number of hydrogen-bond acceptors (Lipinski definition) is 4. The lowest BCUT2D eigenvalue weighted by molar-refractivity contribution is 0.0941.